The zero-order valence-corrected chi connectivity index (χ0v) is 23.6. The number of ether oxygens (including phenoxy) is 3. The van der Waals surface area contributed by atoms with Crippen molar-refractivity contribution < 1.29 is 24.1 Å². The molecule has 9 heteroatoms. The number of allylic oxidation sites excluding steroid dienone is 1. The maximum atomic E-state index is 14.1. The van der Waals surface area contributed by atoms with E-state index in [4.69, 9.17) is 19.2 Å². The van der Waals surface area contributed by atoms with Crippen LogP contribution in [0.25, 0.3) is 16.8 Å². The van der Waals surface area contributed by atoms with Crippen molar-refractivity contribution >= 4 is 34.2 Å². The molecule has 5 rings (SSSR count). The van der Waals surface area contributed by atoms with Gasteiger partial charge in [-0.1, -0.05) is 61.1 Å². The fraction of sp³-hybridized carbons (Fsp3) is 0.258. The van der Waals surface area contributed by atoms with E-state index in [1.807, 2.05) is 43.3 Å². The number of hydrogen-bond acceptors (Lipinski definition) is 8. The van der Waals surface area contributed by atoms with Crippen molar-refractivity contribution in [2.45, 2.75) is 32.7 Å². The molecule has 4 aromatic rings. The van der Waals surface area contributed by atoms with E-state index in [1.54, 1.807) is 36.8 Å². The average molecular weight is 559 g/mol. The average Bonchev–Trinajstić information content (AvgIpc) is 3.26. The smallest absolute Gasteiger partial charge is 0.338 e. The third kappa shape index (κ3) is 4.77. The highest BCUT2D eigenvalue weighted by atomic mass is 32.1. The second-order valence-corrected chi connectivity index (χ2v) is 10.3. The number of aromatic nitrogens is 1. The van der Waals surface area contributed by atoms with Crippen LogP contribution in [0.1, 0.15) is 43.9 Å². The number of carbonyl (C=O) groups is 1. The predicted octanol–water partition coefficient (Wildman–Crippen LogP) is 4.45. The lowest BCUT2D eigenvalue weighted by Gasteiger charge is -2.28. The van der Waals surface area contributed by atoms with Crippen LogP contribution in [0.15, 0.2) is 75.7 Å². The van der Waals surface area contributed by atoms with Crippen LogP contribution in [0.4, 0.5) is 0 Å². The van der Waals surface area contributed by atoms with Crippen LogP contribution in [0.2, 0.25) is 0 Å². The molecule has 2 heterocycles. The molecule has 0 radical (unpaired) electrons. The fourth-order valence-electron chi connectivity index (χ4n) is 5.08. The summed E-state index contributed by atoms with van der Waals surface area (Å²) in [6.45, 7) is 3.96. The molecule has 0 unspecified atom stereocenters. The van der Waals surface area contributed by atoms with Gasteiger partial charge in [-0.05, 0) is 54.0 Å². The zero-order chi connectivity index (χ0) is 28.4. The van der Waals surface area contributed by atoms with Crippen molar-refractivity contribution in [1.82, 2.24) is 4.57 Å². The van der Waals surface area contributed by atoms with E-state index in [0.717, 1.165) is 17.2 Å². The van der Waals surface area contributed by atoms with Crippen LogP contribution in [-0.2, 0) is 9.53 Å². The summed E-state index contributed by atoms with van der Waals surface area (Å²) >= 11 is 1.23. The second kappa shape index (κ2) is 11.4. The van der Waals surface area contributed by atoms with Crippen LogP contribution in [0.3, 0.4) is 0 Å². The number of fused-ring (bicyclic) bond motifs is 2. The SMILES string of the molecule is CCCC1=C(C(=O)OCC)[C@@H](c2c(OC)ccc3ccccc23)n2c(sc(=Cc3ccc(OC)c(O)c3)c2=O)=N1. The van der Waals surface area contributed by atoms with Crippen molar-refractivity contribution in [3.05, 3.63) is 96.7 Å². The van der Waals surface area contributed by atoms with Crippen molar-refractivity contribution in [2.24, 2.45) is 4.99 Å². The summed E-state index contributed by atoms with van der Waals surface area (Å²) in [5.41, 5.74) is 1.94. The fourth-order valence-corrected chi connectivity index (χ4v) is 6.10. The molecule has 0 spiro atoms. The summed E-state index contributed by atoms with van der Waals surface area (Å²) in [4.78, 5) is 33.0. The van der Waals surface area contributed by atoms with E-state index in [0.29, 0.717) is 49.7 Å². The molecular weight excluding hydrogens is 528 g/mol. The third-order valence-corrected chi connectivity index (χ3v) is 7.80. The van der Waals surface area contributed by atoms with Crippen LogP contribution in [-0.4, -0.2) is 36.5 Å². The topological polar surface area (TPSA) is 99.4 Å². The van der Waals surface area contributed by atoms with Gasteiger partial charge in [0.25, 0.3) is 5.56 Å². The van der Waals surface area contributed by atoms with Gasteiger partial charge in [0.15, 0.2) is 16.3 Å². The Hall–Kier alpha value is -4.37. The first kappa shape index (κ1) is 27.2. The minimum atomic E-state index is -0.815. The minimum Gasteiger partial charge on any atom is -0.504 e. The largest absolute Gasteiger partial charge is 0.504 e. The van der Waals surface area contributed by atoms with E-state index in [-0.39, 0.29) is 17.9 Å². The van der Waals surface area contributed by atoms with Gasteiger partial charge in [-0.2, -0.15) is 0 Å². The summed E-state index contributed by atoms with van der Waals surface area (Å²) < 4.78 is 18.5. The number of phenolic OH excluding ortho intramolecular Hbond substituents is 1. The Bertz CT molecular complexity index is 1820. The van der Waals surface area contributed by atoms with E-state index >= 15 is 0 Å². The van der Waals surface area contributed by atoms with Crippen LogP contribution < -0.4 is 24.4 Å². The Morgan fingerprint density at radius 3 is 2.52 bits per heavy atom. The molecule has 0 aliphatic carbocycles. The number of rotatable bonds is 8. The monoisotopic (exact) mass is 558 g/mol. The van der Waals surface area contributed by atoms with Gasteiger partial charge in [-0.3, -0.25) is 9.36 Å². The first-order valence-electron chi connectivity index (χ1n) is 13.1. The number of carbonyl (C=O) groups excluding carboxylic acids is 1. The highest BCUT2D eigenvalue weighted by molar-refractivity contribution is 7.07. The second-order valence-electron chi connectivity index (χ2n) is 9.25. The quantitative estimate of drug-likeness (QED) is 0.321. The normalized spacial score (nSPS) is 15.1. The third-order valence-electron chi connectivity index (χ3n) is 6.82. The maximum Gasteiger partial charge on any atom is 0.338 e. The van der Waals surface area contributed by atoms with Gasteiger partial charge >= 0.3 is 5.97 Å². The van der Waals surface area contributed by atoms with Crippen molar-refractivity contribution in [3.8, 4) is 17.2 Å². The van der Waals surface area contributed by atoms with Gasteiger partial charge in [0.2, 0.25) is 0 Å². The first-order chi connectivity index (χ1) is 19.4. The Morgan fingerprint density at radius 2 is 1.82 bits per heavy atom. The number of esters is 1. The first-order valence-corrected chi connectivity index (χ1v) is 13.9. The Labute approximate surface area is 235 Å². The Balaban J connectivity index is 1.85. The van der Waals surface area contributed by atoms with E-state index in [9.17, 15) is 14.7 Å². The summed E-state index contributed by atoms with van der Waals surface area (Å²) in [7, 11) is 3.05. The number of nitrogens with zero attached hydrogens (tertiary/aromatic N) is 2. The molecular formula is C31H30N2O6S. The molecule has 1 atom stereocenters. The molecule has 1 aliphatic heterocycles. The molecule has 1 N–H and O–H groups in total. The van der Waals surface area contributed by atoms with Gasteiger partial charge in [-0.15, -0.1) is 0 Å². The van der Waals surface area contributed by atoms with Gasteiger partial charge in [0.05, 0.1) is 36.6 Å². The van der Waals surface area contributed by atoms with Gasteiger partial charge in [-0.25, -0.2) is 9.79 Å². The highest BCUT2D eigenvalue weighted by Gasteiger charge is 2.37. The molecule has 3 aromatic carbocycles. The lowest BCUT2D eigenvalue weighted by molar-refractivity contribution is -0.139. The molecule has 0 fully saturated rings. The Morgan fingerprint density at radius 1 is 1.07 bits per heavy atom. The van der Waals surface area contributed by atoms with E-state index in [1.165, 1.54) is 24.5 Å². The number of thiazole rings is 1. The van der Waals surface area contributed by atoms with E-state index < -0.39 is 12.0 Å². The van der Waals surface area contributed by atoms with Crippen molar-refractivity contribution in [2.75, 3.05) is 20.8 Å². The molecule has 1 aliphatic rings. The Kier molecular flexibility index (Phi) is 7.75. The van der Waals surface area contributed by atoms with Crippen molar-refractivity contribution in [1.29, 1.82) is 0 Å². The molecule has 0 bridgehead atoms. The van der Waals surface area contributed by atoms with Gasteiger partial charge in [0, 0.05) is 5.56 Å². The van der Waals surface area contributed by atoms with E-state index in [2.05, 4.69) is 0 Å². The molecule has 0 saturated heterocycles. The van der Waals surface area contributed by atoms with Crippen LogP contribution >= 0.6 is 11.3 Å². The highest BCUT2D eigenvalue weighted by Crippen LogP contribution is 2.41. The molecule has 0 saturated carbocycles. The number of methoxy groups -OCH3 is 2. The van der Waals surface area contributed by atoms with Crippen LogP contribution in [0.5, 0.6) is 17.2 Å². The van der Waals surface area contributed by atoms with Crippen LogP contribution in [0, 0.1) is 0 Å². The maximum absolute atomic E-state index is 14.1. The predicted molar refractivity (Wildman–Crippen MR) is 155 cm³/mol. The number of aromatic hydroxyl groups is 1. The minimum absolute atomic E-state index is 0.0303. The molecule has 206 valence electrons. The van der Waals surface area contributed by atoms with Gasteiger partial charge in [0.1, 0.15) is 11.8 Å². The lowest BCUT2D eigenvalue weighted by atomic mass is 9.90. The zero-order valence-electron chi connectivity index (χ0n) is 22.8. The molecule has 8 nitrogen and oxygen atoms in total. The summed E-state index contributed by atoms with van der Waals surface area (Å²) in [6.07, 6.45) is 2.99. The lowest BCUT2D eigenvalue weighted by Crippen LogP contribution is -2.40. The number of hydrogen-bond donors (Lipinski definition) is 1. The molecule has 0 amide bonds. The molecule has 40 heavy (non-hydrogen) atoms. The van der Waals surface area contributed by atoms with Gasteiger partial charge < -0.3 is 19.3 Å². The summed E-state index contributed by atoms with van der Waals surface area (Å²) in [6, 6.07) is 15.7. The number of phenols is 1. The molecule has 1 aromatic heterocycles. The standard InChI is InChI=1S/C31H30N2O6S/c1-5-9-21-27(30(36)39-6-2)28(26-20-11-8-7-10-19(20)13-15-24(26)38-4)33-29(35)25(40-31(33)32-21)17-18-12-14-23(37-3)22(34)16-18/h7-8,10-17,28,34H,5-6,9H2,1-4H3/t28-/m1/s1. The van der Waals surface area contributed by atoms with Crippen molar-refractivity contribution in [3.63, 3.8) is 0 Å². The summed E-state index contributed by atoms with van der Waals surface area (Å²) in [5.74, 6) is 0.351. The summed E-state index contributed by atoms with van der Waals surface area (Å²) in [5, 5.41) is 12.1. The number of benzene rings is 3.